The molecule has 3 N–H and O–H groups in total. The molecule has 4 nitrogen and oxygen atoms in total. The minimum absolute atomic E-state index is 0. The van der Waals surface area contributed by atoms with Crippen molar-refractivity contribution in [1.82, 2.24) is 0 Å². The number of allylic oxidation sites excluding steroid dienone is 1. The standard InChI is InChI=1S/C19H20N2O2.ClH/c20-11-15-7-4-8-17-16(15)9-10-18(19(17)21-13-22)23-12-14-5-2-1-3-6-14;/h1-3,5-7,9-10,13H,4,8,11-12,20H2,(H,21,22);1H. The lowest BCUT2D eigenvalue weighted by molar-refractivity contribution is -0.105. The maximum absolute atomic E-state index is 11.0. The van der Waals surface area contributed by atoms with Crippen LogP contribution in [0.2, 0.25) is 0 Å². The number of carbonyl (C=O) groups excluding carboxylic acids is 1. The number of amides is 1. The highest BCUT2D eigenvalue weighted by Gasteiger charge is 2.18. The van der Waals surface area contributed by atoms with Crippen LogP contribution in [0.4, 0.5) is 5.69 Å². The van der Waals surface area contributed by atoms with Gasteiger partial charge in [-0.05, 0) is 41.2 Å². The van der Waals surface area contributed by atoms with Crippen molar-refractivity contribution in [1.29, 1.82) is 0 Å². The predicted octanol–water partition coefficient (Wildman–Crippen LogP) is 3.54. The molecule has 1 aliphatic rings. The van der Waals surface area contributed by atoms with Crippen LogP contribution in [-0.2, 0) is 17.8 Å². The quantitative estimate of drug-likeness (QED) is 0.788. The zero-order chi connectivity index (χ0) is 16.1. The summed E-state index contributed by atoms with van der Waals surface area (Å²) in [5.74, 6) is 0.693. The van der Waals surface area contributed by atoms with Crippen LogP contribution in [-0.4, -0.2) is 13.0 Å². The van der Waals surface area contributed by atoms with Gasteiger partial charge in [0.05, 0.1) is 5.69 Å². The van der Waals surface area contributed by atoms with Crippen molar-refractivity contribution in [2.45, 2.75) is 19.4 Å². The van der Waals surface area contributed by atoms with Gasteiger partial charge < -0.3 is 15.8 Å². The molecule has 0 atom stereocenters. The van der Waals surface area contributed by atoms with Crippen LogP contribution in [0.1, 0.15) is 23.1 Å². The number of carbonyl (C=O) groups is 1. The molecule has 2 aromatic carbocycles. The van der Waals surface area contributed by atoms with Gasteiger partial charge in [-0.15, -0.1) is 12.4 Å². The van der Waals surface area contributed by atoms with Crippen LogP contribution >= 0.6 is 12.4 Å². The van der Waals surface area contributed by atoms with Crippen molar-refractivity contribution in [3.63, 3.8) is 0 Å². The number of nitrogens with one attached hydrogen (secondary N) is 1. The lowest BCUT2D eigenvalue weighted by Crippen LogP contribution is -2.12. The summed E-state index contributed by atoms with van der Waals surface area (Å²) in [7, 11) is 0. The fraction of sp³-hybridized carbons (Fsp3) is 0.211. The Morgan fingerprint density at radius 1 is 1.17 bits per heavy atom. The molecule has 0 saturated heterocycles. The molecule has 1 amide bonds. The van der Waals surface area contributed by atoms with E-state index in [2.05, 4.69) is 11.4 Å². The number of fused-ring (bicyclic) bond motifs is 1. The van der Waals surface area contributed by atoms with E-state index in [1.54, 1.807) is 0 Å². The Balaban J connectivity index is 0.00000208. The summed E-state index contributed by atoms with van der Waals surface area (Å²) in [5.41, 5.74) is 11.0. The molecule has 1 aliphatic carbocycles. The van der Waals surface area contributed by atoms with E-state index >= 15 is 0 Å². The SMILES string of the molecule is Cl.NCC1=CCCc2c1ccc(OCc1ccccc1)c2NC=O. The van der Waals surface area contributed by atoms with E-state index in [0.29, 0.717) is 25.3 Å². The van der Waals surface area contributed by atoms with Gasteiger partial charge in [-0.25, -0.2) is 0 Å². The fourth-order valence-corrected chi connectivity index (χ4v) is 2.95. The Hall–Kier alpha value is -2.30. The molecular weight excluding hydrogens is 324 g/mol. The highest BCUT2D eigenvalue weighted by molar-refractivity contribution is 5.85. The van der Waals surface area contributed by atoms with Crippen molar-refractivity contribution < 1.29 is 9.53 Å². The number of ether oxygens (including phenoxy) is 1. The van der Waals surface area contributed by atoms with Gasteiger partial charge in [0.15, 0.2) is 0 Å². The first-order chi connectivity index (χ1) is 11.3. The summed E-state index contributed by atoms with van der Waals surface area (Å²) in [6.07, 6.45) is 4.66. The second-order valence-electron chi connectivity index (χ2n) is 5.47. The summed E-state index contributed by atoms with van der Waals surface area (Å²) in [4.78, 5) is 11.0. The smallest absolute Gasteiger partial charge is 0.211 e. The Morgan fingerprint density at radius 3 is 2.67 bits per heavy atom. The lowest BCUT2D eigenvalue weighted by Gasteiger charge is -2.22. The first kappa shape index (κ1) is 18.0. The number of nitrogens with two attached hydrogens (primary N) is 1. The maximum Gasteiger partial charge on any atom is 0.211 e. The van der Waals surface area contributed by atoms with Crippen LogP contribution in [0.5, 0.6) is 5.75 Å². The summed E-state index contributed by atoms with van der Waals surface area (Å²) in [5, 5.41) is 2.81. The summed E-state index contributed by atoms with van der Waals surface area (Å²) >= 11 is 0. The third-order valence-corrected chi connectivity index (χ3v) is 4.07. The molecule has 0 radical (unpaired) electrons. The number of benzene rings is 2. The summed E-state index contributed by atoms with van der Waals surface area (Å²) in [6, 6.07) is 13.9. The number of halogens is 1. The molecular formula is C19H21ClN2O2. The van der Waals surface area contributed by atoms with Crippen molar-refractivity contribution >= 4 is 30.1 Å². The number of rotatable bonds is 6. The van der Waals surface area contributed by atoms with E-state index in [1.165, 1.54) is 0 Å². The van der Waals surface area contributed by atoms with E-state index in [4.69, 9.17) is 10.5 Å². The topological polar surface area (TPSA) is 64.3 Å². The fourth-order valence-electron chi connectivity index (χ4n) is 2.95. The maximum atomic E-state index is 11.0. The number of hydrogen-bond acceptors (Lipinski definition) is 3. The molecule has 0 aromatic heterocycles. The average Bonchev–Trinajstić information content (AvgIpc) is 2.61. The van der Waals surface area contributed by atoms with Gasteiger partial charge in [0, 0.05) is 6.54 Å². The lowest BCUT2D eigenvalue weighted by atomic mass is 9.89. The highest BCUT2D eigenvalue weighted by atomic mass is 35.5. The van der Waals surface area contributed by atoms with E-state index < -0.39 is 0 Å². The molecule has 0 aliphatic heterocycles. The molecule has 0 unspecified atom stereocenters. The highest BCUT2D eigenvalue weighted by Crippen LogP contribution is 2.37. The Bertz CT molecular complexity index is 730. The number of anilines is 1. The first-order valence-electron chi connectivity index (χ1n) is 7.75. The summed E-state index contributed by atoms with van der Waals surface area (Å²) in [6.45, 7) is 0.963. The van der Waals surface area contributed by atoms with Crippen LogP contribution in [0.25, 0.3) is 5.57 Å². The third kappa shape index (κ3) is 3.78. The monoisotopic (exact) mass is 344 g/mol. The van der Waals surface area contributed by atoms with Crippen molar-refractivity contribution in [3.8, 4) is 5.75 Å². The first-order valence-corrected chi connectivity index (χ1v) is 7.75. The number of hydrogen-bond donors (Lipinski definition) is 2. The molecule has 5 heteroatoms. The average molecular weight is 345 g/mol. The second-order valence-corrected chi connectivity index (χ2v) is 5.47. The van der Waals surface area contributed by atoms with Crippen molar-refractivity contribution in [2.24, 2.45) is 5.73 Å². The van der Waals surface area contributed by atoms with Crippen LogP contribution in [0, 0.1) is 0 Å². The van der Waals surface area contributed by atoms with E-state index in [9.17, 15) is 4.79 Å². The minimum atomic E-state index is 0. The van der Waals surface area contributed by atoms with Gasteiger partial charge in [-0.3, -0.25) is 4.79 Å². The molecule has 0 spiro atoms. The molecule has 0 fully saturated rings. The summed E-state index contributed by atoms with van der Waals surface area (Å²) < 4.78 is 5.94. The van der Waals surface area contributed by atoms with Gasteiger partial charge in [-0.1, -0.05) is 42.5 Å². The van der Waals surface area contributed by atoms with Gasteiger partial charge in [0.1, 0.15) is 12.4 Å². The second kappa shape index (κ2) is 8.52. The normalized spacial score (nSPS) is 12.5. The predicted molar refractivity (Wildman–Crippen MR) is 99.5 cm³/mol. The zero-order valence-corrected chi connectivity index (χ0v) is 14.1. The largest absolute Gasteiger partial charge is 0.487 e. The zero-order valence-electron chi connectivity index (χ0n) is 13.3. The third-order valence-electron chi connectivity index (χ3n) is 4.07. The van der Waals surface area contributed by atoms with Crippen LogP contribution in [0.15, 0.2) is 48.5 Å². The minimum Gasteiger partial charge on any atom is -0.487 e. The van der Waals surface area contributed by atoms with Crippen molar-refractivity contribution in [3.05, 3.63) is 65.2 Å². The van der Waals surface area contributed by atoms with Crippen LogP contribution in [0.3, 0.4) is 0 Å². The van der Waals surface area contributed by atoms with Crippen molar-refractivity contribution in [2.75, 3.05) is 11.9 Å². The Labute approximate surface area is 148 Å². The van der Waals surface area contributed by atoms with Gasteiger partial charge in [0.2, 0.25) is 6.41 Å². The molecule has 0 saturated carbocycles. The molecule has 0 bridgehead atoms. The van der Waals surface area contributed by atoms with E-state index in [-0.39, 0.29) is 12.4 Å². The van der Waals surface area contributed by atoms with Gasteiger partial charge in [0.25, 0.3) is 0 Å². The molecule has 0 heterocycles. The van der Waals surface area contributed by atoms with E-state index in [1.807, 2.05) is 42.5 Å². The van der Waals surface area contributed by atoms with Gasteiger partial charge >= 0.3 is 0 Å². The Kier molecular flexibility index (Phi) is 6.41. The molecule has 3 rings (SSSR count). The molecule has 126 valence electrons. The Morgan fingerprint density at radius 2 is 1.96 bits per heavy atom. The molecule has 24 heavy (non-hydrogen) atoms. The van der Waals surface area contributed by atoms with Gasteiger partial charge in [-0.2, -0.15) is 0 Å². The van der Waals surface area contributed by atoms with E-state index in [0.717, 1.165) is 40.8 Å². The van der Waals surface area contributed by atoms with Crippen LogP contribution < -0.4 is 15.8 Å². The molecule has 2 aromatic rings.